The molecule has 178 valence electrons. The van der Waals surface area contributed by atoms with Gasteiger partial charge in [0, 0.05) is 38.1 Å². The van der Waals surface area contributed by atoms with Crippen LogP contribution in [0.5, 0.6) is 0 Å². The van der Waals surface area contributed by atoms with Crippen LogP contribution in [0, 0.1) is 5.92 Å². The second kappa shape index (κ2) is 10.2. The summed E-state index contributed by atoms with van der Waals surface area (Å²) < 4.78 is 27.7. The zero-order valence-electron chi connectivity index (χ0n) is 19.3. The van der Waals surface area contributed by atoms with E-state index in [-0.39, 0.29) is 28.5 Å². The van der Waals surface area contributed by atoms with Crippen molar-refractivity contribution >= 4 is 27.4 Å². The van der Waals surface area contributed by atoms with Crippen LogP contribution in [0.25, 0.3) is 0 Å². The quantitative estimate of drug-likeness (QED) is 0.558. The molecule has 2 heterocycles. The first-order chi connectivity index (χ1) is 16.3. The number of nitrogens with zero attached hydrogens (tertiary/aromatic N) is 4. The lowest BCUT2D eigenvalue weighted by Gasteiger charge is -2.38. The predicted octanol–water partition coefficient (Wildman–Crippen LogP) is 3.37. The fourth-order valence-electron chi connectivity index (χ4n) is 4.24. The number of anilines is 2. The molecule has 1 fully saturated rings. The van der Waals surface area contributed by atoms with Gasteiger partial charge in [-0.15, -0.1) is 0 Å². The number of benzene rings is 2. The van der Waals surface area contributed by atoms with Crippen molar-refractivity contribution in [3.05, 3.63) is 78.8 Å². The fraction of sp³-hybridized carbons (Fsp3) is 0.320. The van der Waals surface area contributed by atoms with Gasteiger partial charge < -0.3 is 9.80 Å². The number of hydrogen-bond donors (Lipinski definition) is 1. The van der Waals surface area contributed by atoms with E-state index in [1.54, 1.807) is 24.3 Å². The predicted molar refractivity (Wildman–Crippen MR) is 132 cm³/mol. The van der Waals surface area contributed by atoms with Gasteiger partial charge in [-0.05, 0) is 41.8 Å². The Labute approximate surface area is 200 Å². The van der Waals surface area contributed by atoms with E-state index in [1.807, 2.05) is 35.2 Å². The van der Waals surface area contributed by atoms with E-state index < -0.39 is 10.0 Å². The molecule has 0 bridgehead atoms. The number of hydrogen-bond acceptors (Lipinski definition) is 6. The third-order valence-corrected chi connectivity index (χ3v) is 7.39. The van der Waals surface area contributed by atoms with Gasteiger partial charge in [0.2, 0.25) is 5.91 Å². The molecular formula is C25H29N5O3S. The summed E-state index contributed by atoms with van der Waals surface area (Å²) in [4.78, 5) is 25.3. The Balaban J connectivity index is 1.39. The van der Waals surface area contributed by atoms with Gasteiger partial charge in [0.15, 0.2) is 0 Å². The van der Waals surface area contributed by atoms with Crippen molar-refractivity contribution in [2.24, 2.45) is 5.92 Å². The van der Waals surface area contributed by atoms with E-state index in [2.05, 4.69) is 33.4 Å². The number of piperazine rings is 1. The molecule has 1 atom stereocenters. The average molecular weight is 480 g/mol. The molecule has 1 amide bonds. The van der Waals surface area contributed by atoms with Gasteiger partial charge in [-0.3, -0.25) is 9.52 Å². The number of aromatic nitrogens is 2. The maximum absolute atomic E-state index is 13.3. The van der Waals surface area contributed by atoms with Crippen LogP contribution >= 0.6 is 0 Å². The van der Waals surface area contributed by atoms with Gasteiger partial charge in [0.1, 0.15) is 12.1 Å². The van der Waals surface area contributed by atoms with Gasteiger partial charge >= 0.3 is 0 Å². The minimum Gasteiger partial charge on any atom is -0.368 e. The van der Waals surface area contributed by atoms with Crippen LogP contribution < -0.4 is 9.62 Å². The highest BCUT2D eigenvalue weighted by Crippen LogP contribution is 2.28. The lowest BCUT2D eigenvalue weighted by molar-refractivity contribution is -0.134. The second-order valence-electron chi connectivity index (χ2n) is 8.64. The highest BCUT2D eigenvalue weighted by atomic mass is 32.2. The summed E-state index contributed by atoms with van der Waals surface area (Å²) >= 11 is 0. The summed E-state index contributed by atoms with van der Waals surface area (Å²) in [5.74, 6) is 0.436. The Bertz CT molecular complexity index is 1190. The molecule has 9 heteroatoms. The van der Waals surface area contributed by atoms with Crippen molar-refractivity contribution in [2.75, 3.05) is 35.8 Å². The van der Waals surface area contributed by atoms with Crippen LogP contribution in [0.2, 0.25) is 0 Å². The summed E-state index contributed by atoms with van der Waals surface area (Å²) in [5, 5.41) is 0. The molecule has 0 radical (unpaired) electrons. The van der Waals surface area contributed by atoms with E-state index in [9.17, 15) is 13.2 Å². The Morgan fingerprint density at radius 3 is 2.21 bits per heavy atom. The summed E-state index contributed by atoms with van der Waals surface area (Å²) in [5.41, 5.74) is 1.98. The second-order valence-corrected chi connectivity index (χ2v) is 10.3. The smallest absolute Gasteiger partial charge is 0.263 e. The van der Waals surface area contributed by atoms with Crippen molar-refractivity contribution in [3.8, 4) is 0 Å². The van der Waals surface area contributed by atoms with Gasteiger partial charge in [-0.25, -0.2) is 18.4 Å². The molecule has 2 aromatic carbocycles. The standard InChI is InChI=1S/C25H29N5O3S/c1-19(2)24(20-6-4-3-5-7-20)25(31)30-16-14-29(15-17-30)21-8-10-22(11-9-21)34(32,33)28-23-12-13-26-18-27-23/h3-13,18-19,24H,14-17H2,1-2H3,(H,26,27,28). The van der Waals surface area contributed by atoms with Crippen molar-refractivity contribution in [3.63, 3.8) is 0 Å². The van der Waals surface area contributed by atoms with Gasteiger partial charge in [0.05, 0.1) is 10.8 Å². The van der Waals surface area contributed by atoms with Crippen LogP contribution in [-0.2, 0) is 14.8 Å². The Hall–Kier alpha value is -3.46. The van der Waals surface area contributed by atoms with Crippen molar-refractivity contribution in [1.29, 1.82) is 0 Å². The summed E-state index contributed by atoms with van der Waals surface area (Å²) in [6.45, 7) is 6.81. The van der Waals surface area contributed by atoms with E-state index in [4.69, 9.17) is 0 Å². The molecular weight excluding hydrogens is 450 g/mol. The monoisotopic (exact) mass is 479 g/mol. The average Bonchev–Trinajstić information content (AvgIpc) is 2.85. The number of sulfonamides is 1. The zero-order valence-corrected chi connectivity index (χ0v) is 20.1. The molecule has 1 unspecified atom stereocenters. The molecule has 0 spiro atoms. The molecule has 0 saturated carbocycles. The minimum absolute atomic E-state index is 0.153. The number of carbonyl (C=O) groups is 1. The first-order valence-electron chi connectivity index (χ1n) is 11.3. The molecule has 8 nitrogen and oxygen atoms in total. The topological polar surface area (TPSA) is 95.5 Å². The van der Waals surface area contributed by atoms with Crippen LogP contribution in [-0.4, -0.2) is 55.4 Å². The van der Waals surface area contributed by atoms with E-state index in [1.165, 1.54) is 18.6 Å². The minimum atomic E-state index is -3.74. The third-order valence-electron chi connectivity index (χ3n) is 6.02. The molecule has 1 aliphatic rings. The first-order valence-corrected chi connectivity index (χ1v) is 12.8. The van der Waals surface area contributed by atoms with Gasteiger partial charge in [0.25, 0.3) is 10.0 Å². The number of rotatable bonds is 7. The number of amides is 1. The molecule has 1 aromatic heterocycles. The van der Waals surface area contributed by atoms with Crippen LogP contribution in [0.4, 0.5) is 11.5 Å². The Morgan fingerprint density at radius 1 is 0.941 bits per heavy atom. The lowest BCUT2D eigenvalue weighted by Crippen LogP contribution is -2.50. The zero-order chi connectivity index (χ0) is 24.1. The maximum Gasteiger partial charge on any atom is 0.263 e. The molecule has 1 aliphatic heterocycles. The highest BCUT2D eigenvalue weighted by molar-refractivity contribution is 7.92. The molecule has 1 N–H and O–H groups in total. The Morgan fingerprint density at radius 2 is 1.62 bits per heavy atom. The Kier molecular flexibility index (Phi) is 7.12. The van der Waals surface area contributed by atoms with E-state index in [0.717, 1.165) is 11.3 Å². The molecule has 3 aromatic rings. The largest absolute Gasteiger partial charge is 0.368 e. The highest BCUT2D eigenvalue weighted by Gasteiger charge is 2.30. The maximum atomic E-state index is 13.3. The van der Waals surface area contributed by atoms with Crippen LogP contribution in [0.15, 0.2) is 78.1 Å². The van der Waals surface area contributed by atoms with Crippen LogP contribution in [0.1, 0.15) is 25.3 Å². The van der Waals surface area contributed by atoms with Gasteiger partial charge in [-0.2, -0.15) is 0 Å². The molecule has 4 rings (SSSR count). The first kappa shape index (κ1) is 23.7. The summed E-state index contributed by atoms with van der Waals surface area (Å²) in [7, 11) is -3.74. The fourth-order valence-corrected chi connectivity index (χ4v) is 5.25. The summed E-state index contributed by atoms with van der Waals surface area (Å²) in [6.07, 6.45) is 2.76. The van der Waals surface area contributed by atoms with Crippen molar-refractivity contribution in [2.45, 2.75) is 24.7 Å². The lowest BCUT2D eigenvalue weighted by atomic mass is 9.87. The molecule has 34 heavy (non-hydrogen) atoms. The molecule has 1 saturated heterocycles. The van der Waals surface area contributed by atoms with Crippen molar-refractivity contribution < 1.29 is 13.2 Å². The number of nitrogens with one attached hydrogen (secondary N) is 1. The van der Waals surface area contributed by atoms with E-state index >= 15 is 0 Å². The normalized spacial score (nSPS) is 15.3. The third kappa shape index (κ3) is 5.36. The number of carbonyl (C=O) groups excluding carboxylic acids is 1. The van der Waals surface area contributed by atoms with Crippen molar-refractivity contribution in [1.82, 2.24) is 14.9 Å². The van der Waals surface area contributed by atoms with E-state index in [0.29, 0.717) is 26.2 Å². The summed E-state index contributed by atoms with van der Waals surface area (Å²) in [6, 6.07) is 18.2. The SMILES string of the molecule is CC(C)C(C(=O)N1CCN(c2ccc(S(=O)(=O)Nc3ccncn3)cc2)CC1)c1ccccc1. The van der Waals surface area contributed by atoms with Crippen LogP contribution in [0.3, 0.4) is 0 Å². The van der Waals surface area contributed by atoms with Gasteiger partial charge in [-0.1, -0.05) is 44.2 Å². The molecule has 0 aliphatic carbocycles.